The van der Waals surface area contributed by atoms with Crippen molar-refractivity contribution >= 4 is 47.0 Å². The van der Waals surface area contributed by atoms with Crippen LogP contribution < -0.4 is 9.47 Å². The summed E-state index contributed by atoms with van der Waals surface area (Å²) >= 11 is 12.0. The van der Waals surface area contributed by atoms with Crippen LogP contribution in [0.25, 0.3) is 6.08 Å². The van der Waals surface area contributed by atoms with Crippen molar-refractivity contribution in [1.82, 2.24) is 0 Å². The lowest BCUT2D eigenvalue weighted by molar-refractivity contribution is -0.136. The van der Waals surface area contributed by atoms with Gasteiger partial charge in [-0.1, -0.05) is 66.5 Å². The molecule has 0 spiro atoms. The SMILES string of the molecule is CCC(=O)/C=C/c1ccc(OC(=O)Cc2cccc(Cl)c2)c(OC(=O)Cc2cccc(Cl)c2)c1. The van der Waals surface area contributed by atoms with E-state index in [-0.39, 0.29) is 30.1 Å². The van der Waals surface area contributed by atoms with Crippen LogP contribution in [0.5, 0.6) is 11.5 Å². The molecule has 0 radical (unpaired) electrons. The fourth-order valence-corrected chi connectivity index (χ4v) is 3.47. The van der Waals surface area contributed by atoms with Crippen molar-refractivity contribution in [1.29, 1.82) is 0 Å². The van der Waals surface area contributed by atoms with E-state index in [4.69, 9.17) is 32.7 Å². The zero-order valence-electron chi connectivity index (χ0n) is 18.4. The van der Waals surface area contributed by atoms with Crippen LogP contribution in [0, 0.1) is 0 Å². The summed E-state index contributed by atoms with van der Waals surface area (Å²) in [5.41, 5.74) is 1.98. The summed E-state index contributed by atoms with van der Waals surface area (Å²) in [5, 5.41) is 1.02. The minimum Gasteiger partial charge on any atom is -0.422 e. The van der Waals surface area contributed by atoms with E-state index in [1.54, 1.807) is 67.6 Å². The molecule has 0 saturated carbocycles. The van der Waals surface area contributed by atoms with Gasteiger partial charge in [0.05, 0.1) is 12.8 Å². The quantitative estimate of drug-likeness (QED) is 0.198. The molecule has 0 N–H and O–H groups in total. The van der Waals surface area contributed by atoms with Gasteiger partial charge in [0, 0.05) is 16.5 Å². The molecule has 3 rings (SSSR count). The molecular formula is C27H22Cl2O5. The maximum atomic E-state index is 12.6. The van der Waals surface area contributed by atoms with Crippen molar-refractivity contribution in [2.75, 3.05) is 0 Å². The van der Waals surface area contributed by atoms with E-state index < -0.39 is 11.9 Å². The minimum absolute atomic E-state index is 0.0108. The lowest BCUT2D eigenvalue weighted by Crippen LogP contribution is -2.15. The second kappa shape index (κ2) is 12.2. The van der Waals surface area contributed by atoms with Gasteiger partial charge in [-0.3, -0.25) is 14.4 Å². The van der Waals surface area contributed by atoms with Crippen LogP contribution in [0.3, 0.4) is 0 Å². The first kappa shape index (κ1) is 25.2. The molecule has 0 unspecified atom stereocenters. The van der Waals surface area contributed by atoms with Crippen molar-refractivity contribution in [3.63, 3.8) is 0 Å². The van der Waals surface area contributed by atoms with Gasteiger partial charge >= 0.3 is 11.9 Å². The lowest BCUT2D eigenvalue weighted by atomic mass is 10.1. The van der Waals surface area contributed by atoms with E-state index in [0.717, 1.165) is 0 Å². The summed E-state index contributed by atoms with van der Waals surface area (Å²) in [4.78, 5) is 36.7. The third kappa shape index (κ3) is 7.87. The molecule has 174 valence electrons. The summed E-state index contributed by atoms with van der Waals surface area (Å²) < 4.78 is 11.0. The molecule has 7 heteroatoms. The van der Waals surface area contributed by atoms with E-state index in [9.17, 15) is 14.4 Å². The zero-order valence-corrected chi connectivity index (χ0v) is 19.9. The number of hydrogen-bond donors (Lipinski definition) is 0. The van der Waals surface area contributed by atoms with E-state index in [0.29, 0.717) is 33.2 Å². The van der Waals surface area contributed by atoms with Gasteiger partial charge in [-0.15, -0.1) is 0 Å². The summed E-state index contributed by atoms with van der Waals surface area (Å²) in [7, 11) is 0. The first-order valence-corrected chi connectivity index (χ1v) is 11.3. The van der Waals surface area contributed by atoms with Gasteiger partial charge in [-0.25, -0.2) is 0 Å². The van der Waals surface area contributed by atoms with Crippen molar-refractivity contribution in [2.24, 2.45) is 0 Å². The van der Waals surface area contributed by atoms with Crippen LogP contribution in [0.4, 0.5) is 0 Å². The monoisotopic (exact) mass is 496 g/mol. The highest BCUT2D eigenvalue weighted by molar-refractivity contribution is 6.30. The van der Waals surface area contributed by atoms with E-state index >= 15 is 0 Å². The molecule has 0 amide bonds. The topological polar surface area (TPSA) is 69.7 Å². The second-order valence-corrected chi connectivity index (χ2v) is 8.29. The molecule has 34 heavy (non-hydrogen) atoms. The van der Waals surface area contributed by atoms with Gasteiger partial charge < -0.3 is 9.47 Å². The number of allylic oxidation sites excluding steroid dienone is 1. The molecule has 0 saturated heterocycles. The normalized spacial score (nSPS) is 10.8. The average Bonchev–Trinajstić information content (AvgIpc) is 2.78. The Labute approximate surface area is 207 Å². The van der Waals surface area contributed by atoms with Gasteiger partial charge in [0.15, 0.2) is 17.3 Å². The van der Waals surface area contributed by atoms with Gasteiger partial charge in [0.1, 0.15) is 0 Å². The maximum absolute atomic E-state index is 12.6. The van der Waals surface area contributed by atoms with Gasteiger partial charge in [-0.05, 0) is 59.2 Å². The smallest absolute Gasteiger partial charge is 0.315 e. The van der Waals surface area contributed by atoms with Crippen LogP contribution in [0.1, 0.15) is 30.0 Å². The van der Waals surface area contributed by atoms with Crippen LogP contribution in [-0.4, -0.2) is 17.7 Å². The predicted octanol–water partition coefficient (Wildman–Crippen LogP) is 6.28. The number of ether oxygens (including phenoxy) is 2. The lowest BCUT2D eigenvalue weighted by Gasteiger charge is -2.12. The standard InChI is InChI=1S/C27H22Cl2O5/c1-2-23(30)11-9-18-10-12-24(33-26(31)16-19-5-3-7-21(28)13-19)25(15-18)34-27(32)17-20-6-4-8-22(29)14-20/h3-15H,2,16-17H2,1H3/b11-9+. The Morgan fingerprint density at radius 1 is 0.765 bits per heavy atom. The van der Waals surface area contributed by atoms with E-state index in [1.165, 1.54) is 18.2 Å². The number of halogens is 2. The number of ketones is 1. The van der Waals surface area contributed by atoms with Crippen molar-refractivity contribution < 1.29 is 23.9 Å². The number of carbonyl (C=O) groups is 3. The molecule has 5 nitrogen and oxygen atoms in total. The number of benzene rings is 3. The average molecular weight is 497 g/mol. The Bertz CT molecular complexity index is 1230. The highest BCUT2D eigenvalue weighted by atomic mass is 35.5. The second-order valence-electron chi connectivity index (χ2n) is 7.42. The predicted molar refractivity (Wildman–Crippen MR) is 132 cm³/mol. The Hall–Kier alpha value is -3.41. The highest BCUT2D eigenvalue weighted by Crippen LogP contribution is 2.30. The van der Waals surface area contributed by atoms with Crippen molar-refractivity contribution in [3.05, 3.63) is 99.5 Å². The number of rotatable bonds is 9. The number of esters is 2. The maximum Gasteiger partial charge on any atom is 0.315 e. The Kier molecular flexibility index (Phi) is 9.02. The van der Waals surface area contributed by atoms with Crippen LogP contribution in [0.15, 0.2) is 72.8 Å². The first-order valence-electron chi connectivity index (χ1n) is 10.6. The Morgan fingerprint density at radius 3 is 1.85 bits per heavy atom. The molecule has 0 fully saturated rings. The third-order valence-electron chi connectivity index (χ3n) is 4.70. The van der Waals surface area contributed by atoms with Gasteiger partial charge in [0.25, 0.3) is 0 Å². The van der Waals surface area contributed by atoms with Crippen molar-refractivity contribution in [3.8, 4) is 11.5 Å². The largest absolute Gasteiger partial charge is 0.422 e. The molecule has 0 aliphatic heterocycles. The summed E-state index contributed by atoms with van der Waals surface area (Å²) in [6, 6.07) is 18.5. The van der Waals surface area contributed by atoms with Gasteiger partial charge in [0.2, 0.25) is 0 Å². The van der Waals surface area contributed by atoms with Crippen LogP contribution in [0.2, 0.25) is 10.0 Å². The first-order chi connectivity index (χ1) is 16.3. The summed E-state index contributed by atoms with van der Waals surface area (Å²) in [6.45, 7) is 1.76. The molecule has 3 aromatic carbocycles. The fraction of sp³-hybridized carbons (Fsp3) is 0.148. The fourth-order valence-electron chi connectivity index (χ4n) is 3.04. The molecule has 0 aromatic heterocycles. The molecule has 3 aromatic rings. The van der Waals surface area contributed by atoms with Gasteiger partial charge in [-0.2, -0.15) is 0 Å². The number of hydrogen-bond acceptors (Lipinski definition) is 5. The molecular weight excluding hydrogens is 475 g/mol. The third-order valence-corrected chi connectivity index (χ3v) is 5.17. The van der Waals surface area contributed by atoms with Crippen LogP contribution >= 0.6 is 23.2 Å². The van der Waals surface area contributed by atoms with Crippen molar-refractivity contribution in [2.45, 2.75) is 26.2 Å². The Morgan fingerprint density at radius 2 is 1.32 bits per heavy atom. The Balaban J connectivity index is 1.80. The molecule has 0 atom stereocenters. The molecule has 0 bridgehead atoms. The minimum atomic E-state index is -0.555. The van der Waals surface area contributed by atoms with E-state index in [1.807, 2.05) is 0 Å². The molecule has 0 aliphatic carbocycles. The summed E-state index contributed by atoms with van der Waals surface area (Å²) in [6.07, 6.45) is 3.39. The molecule has 0 aliphatic rings. The molecule has 0 heterocycles. The highest BCUT2D eigenvalue weighted by Gasteiger charge is 2.16. The zero-order chi connectivity index (χ0) is 24.5. The summed E-state index contributed by atoms with van der Waals surface area (Å²) in [5.74, 6) is -0.987. The van der Waals surface area contributed by atoms with E-state index in [2.05, 4.69) is 0 Å². The number of carbonyl (C=O) groups excluding carboxylic acids is 3. The van der Waals surface area contributed by atoms with Crippen LogP contribution in [-0.2, 0) is 27.2 Å².